The standard InChI is InChI=1S/C19H21NO3/c1-4-13-22-17-11-7-16(8-12-17)20-19(21)15(3)23-18-9-5-14(2)6-10-18/h4-12,15H,1,13H2,2-3H3,(H,20,21)/t15-/m1/s1. The molecule has 2 rings (SSSR count). The third-order valence-electron chi connectivity index (χ3n) is 3.19. The van der Waals surface area contributed by atoms with E-state index in [1.54, 1.807) is 37.3 Å². The third-order valence-corrected chi connectivity index (χ3v) is 3.19. The molecule has 23 heavy (non-hydrogen) atoms. The van der Waals surface area contributed by atoms with Gasteiger partial charge in [0, 0.05) is 5.69 Å². The van der Waals surface area contributed by atoms with Crippen molar-refractivity contribution in [3.05, 3.63) is 66.7 Å². The molecule has 1 N–H and O–H groups in total. The molecule has 4 heteroatoms. The number of anilines is 1. The molecule has 0 radical (unpaired) electrons. The Morgan fingerprint density at radius 3 is 2.35 bits per heavy atom. The molecule has 1 amide bonds. The summed E-state index contributed by atoms with van der Waals surface area (Å²) < 4.78 is 11.0. The van der Waals surface area contributed by atoms with Gasteiger partial charge in [0.1, 0.15) is 18.1 Å². The molecule has 0 fully saturated rings. The second kappa shape index (κ2) is 8.03. The van der Waals surface area contributed by atoms with E-state index in [1.807, 2.05) is 31.2 Å². The van der Waals surface area contributed by atoms with Gasteiger partial charge in [-0.15, -0.1) is 0 Å². The Hall–Kier alpha value is -2.75. The molecule has 0 aliphatic carbocycles. The minimum atomic E-state index is -0.589. The Morgan fingerprint density at radius 2 is 1.74 bits per heavy atom. The van der Waals surface area contributed by atoms with Crippen LogP contribution in [0.1, 0.15) is 12.5 Å². The first-order chi connectivity index (χ1) is 11.1. The van der Waals surface area contributed by atoms with Crippen LogP contribution in [0.3, 0.4) is 0 Å². The summed E-state index contributed by atoms with van der Waals surface area (Å²) in [5.74, 6) is 1.20. The van der Waals surface area contributed by atoms with Crippen LogP contribution in [0.4, 0.5) is 5.69 Å². The number of aryl methyl sites for hydroxylation is 1. The van der Waals surface area contributed by atoms with Crippen molar-refractivity contribution in [1.29, 1.82) is 0 Å². The summed E-state index contributed by atoms with van der Waals surface area (Å²) in [6, 6.07) is 14.8. The fourth-order valence-electron chi connectivity index (χ4n) is 1.91. The molecule has 0 saturated heterocycles. The first-order valence-electron chi connectivity index (χ1n) is 7.46. The fourth-order valence-corrected chi connectivity index (χ4v) is 1.91. The monoisotopic (exact) mass is 311 g/mol. The summed E-state index contributed by atoms with van der Waals surface area (Å²) in [6.45, 7) is 7.77. The van der Waals surface area contributed by atoms with Gasteiger partial charge in [0.2, 0.25) is 0 Å². The Morgan fingerprint density at radius 1 is 1.13 bits per heavy atom. The van der Waals surface area contributed by atoms with Gasteiger partial charge >= 0.3 is 0 Å². The van der Waals surface area contributed by atoms with Crippen molar-refractivity contribution in [2.75, 3.05) is 11.9 Å². The minimum absolute atomic E-state index is 0.203. The van der Waals surface area contributed by atoms with E-state index in [9.17, 15) is 4.79 Å². The Balaban J connectivity index is 1.89. The van der Waals surface area contributed by atoms with E-state index in [2.05, 4.69) is 11.9 Å². The molecule has 0 aromatic heterocycles. The van der Waals surface area contributed by atoms with Crippen LogP contribution >= 0.6 is 0 Å². The molecule has 0 unspecified atom stereocenters. The molecule has 0 bridgehead atoms. The molecule has 120 valence electrons. The maximum Gasteiger partial charge on any atom is 0.265 e. The van der Waals surface area contributed by atoms with Crippen LogP contribution in [-0.2, 0) is 4.79 Å². The van der Waals surface area contributed by atoms with Crippen molar-refractivity contribution >= 4 is 11.6 Å². The lowest BCUT2D eigenvalue weighted by Gasteiger charge is -2.15. The summed E-state index contributed by atoms with van der Waals surface area (Å²) in [5.41, 5.74) is 1.84. The fraction of sp³-hybridized carbons (Fsp3) is 0.211. The molecular formula is C19H21NO3. The number of carbonyl (C=O) groups excluding carboxylic acids is 1. The van der Waals surface area contributed by atoms with E-state index < -0.39 is 6.10 Å². The van der Waals surface area contributed by atoms with Crippen molar-refractivity contribution < 1.29 is 14.3 Å². The quantitative estimate of drug-likeness (QED) is 0.787. The van der Waals surface area contributed by atoms with Gasteiger partial charge < -0.3 is 14.8 Å². The lowest BCUT2D eigenvalue weighted by atomic mass is 10.2. The van der Waals surface area contributed by atoms with Gasteiger partial charge in [-0.1, -0.05) is 30.4 Å². The first kappa shape index (κ1) is 16.6. The maximum absolute atomic E-state index is 12.2. The van der Waals surface area contributed by atoms with E-state index in [0.29, 0.717) is 18.0 Å². The molecule has 0 spiro atoms. The number of hydrogen-bond acceptors (Lipinski definition) is 3. The van der Waals surface area contributed by atoms with Crippen molar-refractivity contribution in [3.63, 3.8) is 0 Å². The van der Waals surface area contributed by atoms with Crippen molar-refractivity contribution in [2.24, 2.45) is 0 Å². The Labute approximate surface area is 136 Å². The number of rotatable bonds is 7. The van der Waals surface area contributed by atoms with Crippen LogP contribution < -0.4 is 14.8 Å². The Bertz CT molecular complexity index is 647. The lowest BCUT2D eigenvalue weighted by Crippen LogP contribution is -2.30. The van der Waals surface area contributed by atoms with Crippen molar-refractivity contribution in [2.45, 2.75) is 20.0 Å². The summed E-state index contributed by atoms with van der Waals surface area (Å²) in [6.07, 6.45) is 1.09. The largest absolute Gasteiger partial charge is 0.490 e. The summed E-state index contributed by atoms with van der Waals surface area (Å²) in [5, 5.41) is 2.82. The van der Waals surface area contributed by atoms with E-state index in [0.717, 1.165) is 11.3 Å². The second-order valence-electron chi connectivity index (χ2n) is 5.19. The molecule has 0 aliphatic heterocycles. The van der Waals surface area contributed by atoms with Crippen molar-refractivity contribution in [3.8, 4) is 11.5 Å². The van der Waals surface area contributed by atoms with Gasteiger partial charge in [-0.2, -0.15) is 0 Å². The lowest BCUT2D eigenvalue weighted by molar-refractivity contribution is -0.122. The molecule has 0 saturated carbocycles. The number of amides is 1. The topological polar surface area (TPSA) is 47.6 Å². The zero-order valence-corrected chi connectivity index (χ0v) is 13.4. The summed E-state index contributed by atoms with van der Waals surface area (Å²) >= 11 is 0. The van der Waals surface area contributed by atoms with Crippen molar-refractivity contribution in [1.82, 2.24) is 0 Å². The SMILES string of the molecule is C=CCOc1ccc(NC(=O)[C@@H](C)Oc2ccc(C)cc2)cc1. The van der Waals surface area contributed by atoms with Crippen LogP contribution in [0, 0.1) is 6.92 Å². The van der Waals surface area contributed by atoms with Crippen LogP contribution in [0.2, 0.25) is 0 Å². The first-order valence-corrected chi connectivity index (χ1v) is 7.46. The summed E-state index contributed by atoms with van der Waals surface area (Å²) in [4.78, 5) is 12.2. The van der Waals surface area contributed by atoms with E-state index in [-0.39, 0.29) is 5.91 Å². The molecule has 2 aromatic rings. The molecule has 1 atom stereocenters. The van der Waals surface area contributed by atoms with Crippen LogP contribution in [-0.4, -0.2) is 18.6 Å². The van der Waals surface area contributed by atoms with Gasteiger partial charge in [-0.25, -0.2) is 0 Å². The van der Waals surface area contributed by atoms with Gasteiger partial charge in [0.05, 0.1) is 0 Å². The summed E-state index contributed by atoms with van der Waals surface area (Å²) in [7, 11) is 0. The minimum Gasteiger partial charge on any atom is -0.490 e. The second-order valence-corrected chi connectivity index (χ2v) is 5.19. The van der Waals surface area contributed by atoms with E-state index >= 15 is 0 Å². The zero-order chi connectivity index (χ0) is 16.7. The van der Waals surface area contributed by atoms with Gasteiger partial charge in [0.15, 0.2) is 6.10 Å². The van der Waals surface area contributed by atoms with E-state index in [1.165, 1.54) is 0 Å². The van der Waals surface area contributed by atoms with Gasteiger partial charge in [-0.3, -0.25) is 4.79 Å². The Kier molecular flexibility index (Phi) is 5.80. The maximum atomic E-state index is 12.2. The van der Waals surface area contributed by atoms with Crippen LogP contribution in [0.25, 0.3) is 0 Å². The highest BCUT2D eigenvalue weighted by Gasteiger charge is 2.14. The highest BCUT2D eigenvalue weighted by molar-refractivity contribution is 5.94. The predicted octanol–water partition coefficient (Wildman–Crippen LogP) is 3.97. The van der Waals surface area contributed by atoms with Gasteiger partial charge in [0.25, 0.3) is 5.91 Å². The molecule has 0 aliphatic rings. The molecular weight excluding hydrogens is 290 g/mol. The van der Waals surface area contributed by atoms with Crippen LogP contribution in [0.5, 0.6) is 11.5 Å². The highest BCUT2D eigenvalue weighted by Crippen LogP contribution is 2.17. The highest BCUT2D eigenvalue weighted by atomic mass is 16.5. The number of nitrogens with one attached hydrogen (secondary N) is 1. The molecule has 2 aromatic carbocycles. The average Bonchev–Trinajstić information content (AvgIpc) is 2.56. The van der Waals surface area contributed by atoms with Gasteiger partial charge in [-0.05, 0) is 50.2 Å². The van der Waals surface area contributed by atoms with E-state index in [4.69, 9.17) is 9.47 Å². The van der Waals surface area contributed by atoms with Crippen LogP contribution in [0.15, 0.2) is 61.2 Å². The molecule has 4 nitrogen and oxygen atoms in total. The third kappa shape index (κ3) is 5.18. The zero-order valence-electron chi connectivity index (χ0n) is 13.4. The number of carbonyl (C=O) groups is 1. The smallest absolute Gasteiger partial charge is 0.265 e. The number of ether oxygens (including phenoxy) is 2. The average molecular weight is 311 g/mol. The predicted molar refractivity (Wildman–Crippen MR) is 92.0 cm³/mol. The number of benzene rings is 2. The molecule has 0 heterocycles. The number of hydrogen-bond donors (Lipinski definition) is 1. The normalized spacial score (nSPS) is 11.4.